The van der Waals surface area contributed by atoms with E-state index >= 15 is 0 Å². The molecular formula is C23H38N6O. The number of rotatable bonds is 6. The summed E-state index contributed by atoms with van der Waals surface area (Å²) in [7, 11) is 6.01. The van der Waals surface area contributed by atoms with Crippen LogP contribution >= 0.6 is 0 Å². The highest BCUT2D eigenvalue weighted by Gasteiger charge is 2.30. The largest absolute Gasteiger partial charge is 0.352 e. The fraction of sp³-hybridized carbons (Fsp3) is 0.652. The Labute approximate surface area is 181 Å². The van der Waals surface area contributed by atoms with Gasteiger partial charge in [-0.15, -0.1) is 0 Å². The number of hydrogen-bond donors (Lipinski definition) is 1. The number of nitrogens with one attached hydrogen (secondary N) is 1. The Hall–Kier alpha value is -2.12. The van der Waals surface area contributed by atoms with Crippen molar-refractivity contribution in [3.05, 3.63) is 35.4 Å². The van der Waals surface area contributed by atoms with Gasteiger partial charge in [0.15, 0.2) is 5.96 Å². The summed E-state index contributed by atoms with van der Waals surface area (Å²) < 4.78 is 0. The van der Waals surface area contributed by atoms with Gasteiger partial charge in [0.05, 0.1) is 6.04 Å². The zero-order chi connectivity index (χ0) is 21.5. The summed E-state index contributed by atoms with van der Waals surface area (Å²) in [6.07, 6.45) is 2.29. The van der Waals surface area contributed by atoms with Crippen LogP contribution in [0.25, 0.3) is 0 Å². The van der Waals surface area contributed by atoms with Crippen molar-refractivity contribution in [2.45, 2.75) is 38.9 Å². The summed E-state index contributed by atoms with van der Waals surface area (Å²) in [4.78, 5) is 26.0. The average molecular weight is 415 g/mol. The molecule has 7 heteroatoms. The van der Waals surface area contributed by atoms with Crippen molar-refractivity contribution < 1.29 is 4.79 Å². The first-order chi connectivity index (χ1) is 14.5. The SMILES string of the molecule is CN=C(NCc1ccc(CN(C)C)cc1)N1CCN(C(C)C(=O)N2CCCC2)CC1. The minimum atomic E-state index is -0.0269. The Morgan fingerprint density at radius 2 is 1.60 bits per heavy atom. The molecule has 166 valence electrons. The van der Waals surface area contributed by atoms with E-state index in [1.54, 1.807) is 0 Å². The molecule has 1 unspecified atom stereocenters. The lowest BCUT2D eigenvalue weighted by atomic mass is 10.1. The molecule has 2 aliphatic heterocycles. The number of piperazine rings is 1. The predicted molar refractivity (Wildman–Crippen MR) is 122 cm³/mol. The number of hydrogen-bond acceptors (Lipinski definition) is 4. The number of likely N-dealkylation sites (tertiary alicyclic amines) is 1. The molecule has 7 nitrogen and oxygen atoms in total. The lowest BCUT2D eigenvalue weighted by Gasteiger charge is -2.39. The van der Waals surface area contributed by atoms with Gasteiger partial charge in [0.1, 0.15) is 0 Å². The van der Waals surface area contributed by atoms with Crippen molar-refractivity contribution in [2.75, 3.05) is 60.4 Å². The normalized spacial score (nSPS) is 19.4. The molecule has 2 saturated heterocycles. The van der Waals surface area contributed by atoms with Gasteiger partial charge in [-0.25, -0.2) is 0 Å². The van der Waals surface area contributed by atoms with Crippen LogP contribution in [-0.4, -0.2) is 97.9 Å². The molecule has 0 bridgehead atoms. The number of benzene rings is 1. The summed E-state index contributed by atoms with van der Waals surface area (Å²) in [5, 5.41) is 3.50. The number of nitrogens with zero attached hydrogens (tertiary/aromatic N) is 5. The number of guanidine groups is 1. The molecule has 2 heterocycles. The molecule has 0 saturated carbocycles. The average Bonchev–Trinajstić information content (AvgIpc) is 3.29. The Morgan fingerprint density at radius 1 is 1.00 bits per heavy atom. The van der Waals surface area contributed by atoms with E-state index < -0.39 is 0 Å². The summed E-state index contributed by atoms with van der Waals surface area (Å²) in [5.41, 5.74) is 2.57. The lowest BCUT2D eigenvalue weighted by Crippen LogP contribution is -2.57. The van der Waals surface area contributed by atoms with Crippen molar-refractivity contribution >= 4 is 11.9 Å². The smallest absolute Gasteiger partial charge is 0.239 e. The topological polar surface area (TPSA) is 54.4 Å². The molecule has 1 aromatic carbocycles. The van der Waals surface area contributed by atoms with Gasteiger partial charge in [-0.1, -0.05) is 24.3 Å². The zero-order valence-corrected chi connectivity index (χ0v) is 19.1. The van der Waals surface area contributed by atoms with E-state index in [0.717, 1.165) is 71.2 Å². The standard InChI is InChI=1S/C23H38N6O/c1-19(22(30)28-11-5-6-12-28)27-13-15-29(16-14-27)23(24-2)25-17-20-7-9-21(10-8-20)18-26(3)4/h7-10,19H,5-6,11-18H2,1-4H3,(H,24,25). The first kappa shape index (κ1) is 22.6. The predicted octanol–water partition coefficient (Wildman–Crippen LogP) is 1.45. The van der Waals surface area contributed by atoms with Gasteiger partial charge in [0.2, 0.25) is 5.91 Å². The highest BCUT2D eigenvalue weighted by molar-refractivity contribution is 5.82. The second-order valence-electron chi connectivity index (χ2n) is 8.69. The lowest BCUT2D eigenvalue weighted by molar-refractivity contribution is -0.135. The van der Waals surface area contributed by atoms with Crippen LogP contribution in [0, 0.1) is 0 Å². The van der Waals surface area contributed by atoms with Crippen LogP contribution in [0.15, 0.2) is 29.3 Å². The molecule has 2 aliphatic rings. The molecule has 0 spiro atoms. The minimum Gasteiger partial charge on any atom is -0.352 e. The highest BCUT2D eigenvalue weighted by atomic mass is 16.2. The molecule has 0 aromatic heterocycles. The minimum absolute atomic E-state index is 0.0269. The number of amides is 1. The molecule has 1 amide bonds. The van der Waals surface area contributed by atoms with E-state index in [1.165, 1.54) is 11.1 Å². The second kappa shape index (κ2) is 10.8. The van der Waals surface area contributed by atoms with Crippen molar-refractivity contribution in [1.82, 2.24) is 24.9 Å². The van der Waals surface area contributed by atoms with E-state index in [4.69, 9.17) is 0 Å². The fourth-order valence-electron chi connectivity index (χ4n) is 4.32. The van der Waals surface area contributed by atoms with E-state index in [9.17, 15) is 4.79 Å². The van der Waals surface area contributed by atoms with Gasteiger partial charge in [0, 0.05) is 59.4 Å². The van der Waals surface area contributed by atoms with Crippen LogP contribution in [0.4, 0.5) is 0 Å². The summed E-state index contributed by atoms with van der Waals surface area (Å²) in [6, 6.07) is 8.72. The van der Waals surface area contributed by atoms with Crippen LogP contribution < -0.4 is 5.32 Å². The Bertz CT molecular complexity index is 703. The van der Waals surface area contributed by atoms with Gasteiger partial charge in [0.25, 0.3) is 0 Å². The summed E-state index contributed by atoms with van der Waals surface area (Å²) in [6.45, 7) is 9.19. The Kier molecular flexibility index (Phi) is 8.10. The molecule has 3 rings (SSSR count). The summed E-state index contributed by atoms with van der Waals surface area (Å²) in [5.74, 6) is 1.23. The monoisotopic (exact) mass is 414 g/mol. The van der Waals surface area contributed by atoms with E-state index in [2.05, 4.69) is 70.3 Å². The maximum Gasteiger partial charge on any atom is 0.239 e. The maximum absolute atomic E-state index is 12.7. The third kappa shape index (κ3) is 5.95. The molecular weight excluding hydrogens is 376 g/mol. The zero-order valence-electron chi connectivity index (χ0n) is 19.1. The van der Waals surface area contributed by atoms with Crippen molar-refractivity contribution in [3.8, 4) is 0 Å². The highest BCUT2D eigenvalue weighted by Crippen LogP contribution is 2.14. The Balaban J connectivity index is 1.46. The second-order valence-corrected chi connectivity index (χ2v) is 8.69. The molecule has 1 atom stereocenters. The van der Waals surface area contributed by atoms with Gasteiger partial charge in [-0.05, 0) is 45.0 Å². The molecule has 1 N–H and O–H groups in total. The van der Waals surface area contributed by atoms with E-state index in [1.807, 2.05) is 11.9 Å². The quantitative estimate of drug-likeness (QED) is 0.564. The van der Waals surface area contributed by atoms with Crippen LogP contribution in [-0.2, 0) is 17.9 Å². The number of aliphatic imine (C=N–C) groups is 1. The molecule has 0 radical (unpaired) electrons. The van der Waals surface area contributed by atoms with Gasteiger partial charge in [-0.2, -0.15) is 0 Å². The third-order valence-electron chi connectivity index (χ3n) is 6.12. The van der Waals surface area contributed by atoms with E-state index in [-0.39, 0.29) is 6.04 Å². The van der Waals surface area contributed by atoms with Crippen LogP contribution in [0.3, 0.4) is 0 Å². The molecule has 1 aromatic rings. The van der Waals surface area contributed by atoms with Crippen LogP contribution in [0.1, 0.15) is 30.9 Å². The van der Waals surface area contributed by atoms with Crippen molar-refractivity contribution in [2.24, 2.45) is 4.99 Å². The maximum atomic E-state index is 12.7. The molecule has 0 aliphatic carbocycles. The van der Waals surface area contributed by atoms with E-state index in [0.29, 0.717) is 5.91 Å². The van der Waals surface area contributed by atoms with Crippen LogP contribution in [0.2, 0.25) is 0 Å². The van der Waals surface area contributed by atoms with Crippen LogP contribution in [0.5, 0.6) is 0 Å². The number of carbonyl (C=O) groups excluding carboxylic acids is 1. The van der Waals surface area contributed by atoms with Crippen molar-refractivity contribution in [1.29, 1.82) is 0 Å². The van der Waals surface area contributed by atoms with Gasteiger partial charge < -0.3 is 20.0 Å². The van der Waals surface area contributed by atoms with Crippen molar-refractivity contribution in [3.63, 3.8) is 0 Å². The Morgan fingerprint density at radius 3 is 2.17 bits per heavy atom. The number of carbonyl (C=O) groups is 1. The third-order valence-corrected chi connectivity index (χ3v) is 6.12. The summed E-state index contributed by atoms with van der Waals surface area (Å²) >= 11 is 0. The first-order valence-electron chi connectivity index (χ1n) is 11.2. The molecule has 2 fully saturated rings. The fourth-order valence-corrected chi connectivity index (χ4v) is 4.32. The first-order valence-corrected chi connectivity index (χ1v) is 11.2. The van der Waals surface area contributed by atoms with Gasteiger partial charge in [-0.3, -0.25) is 14.7 Å². The van der Waals surface area contributed by atoms with Gasteiger partial charge >= 0.3 is 0 Å². The molecule has 30 heavy (non-hydrogen) atoms.